The standard InChI is InChI=1S/C12H12ClN3O/c13-12-7-15-4-3-9(12)8-17-11-2-1-10(5-14)16-6-11/h1-4,6-7H,5,8,14H2. The fraction of sp³-hybridized carbons (Fsp3) is 0.167. The van der Waals surface area contributed by atoms with Gasteiger partial charge in [-0.25, -0.2) is 0 Å². The lowest BCUT2D eigenvalue weighted by Gasteiger charge is -2.07. The molecule has 4 nitrogen and oxygen atoms in total. The van der Waals surface area contributed by atoms with E-state index in [0.717, 1.165) is 11.3 Å². The molecule has 0 radical (unpaired) electrons. The highest BCUT2D eigenvalue weighted by atomic mass is 35.5. The molecule has 5 heteroatoms. The molecule has 0 spiro atoms. The second-order valence-electron chi connectivity index (χ2n) is 3.45. The fourth-order valence-electron chi connectivity index (χ4n) is 1.30. The number of ether oxygens (including phenoxy) is 1. The van der Waals surface area contributed by atoms with Crippen molar-refractivity contribution in [3.05, 3.63) is 53.1 Å². The van der Waals surface area contributed by atoms with Crippen molar-refractivity contribution >= 4 is 11.6 Å². The zero-order valence-electron chi connectivity index (χ0n) is 9.14. The van der Waals surface area contributed by atoms with Gasteiger partial charge in [0.1, 0.15) is 12.4 Å². The average Bonchev–Trinajstić information content (AvgIpc) is 2.38. The van der Waals surface area contributed by atoms with Crippen LogP contribution in [-0.2, 0) is 13.2 Å². The van der Waals surface area contributed by atoms with E-state index < -0.39 is 0 Å². The number of aromatic nitrogens is 2. The monoisotopic (exact) mass is 249 g/mol. The van der Waals surface area contributed by atoms with Crippen LogP contribution < -0.4 is 10.5 Å². The van der Waals surface area contributed by atoms with E-state index >= 15 is 0 Å². The number of nitrogens with zero attached hydrogens (tertiary/aromatic N) is 2. The summed E-state index contributed by atoms with van der Waals surface area (Å²) in [6.07, 6.45) is 4.92. The van der Waals surface area contributed by atoms with E-state index in [1.165, 1.54) is 0 Å². The van der Waals surface area contributed by atoms with Crippen molar-refractivity contribution in [3.63, 3.8) is 0 Å². The van der Waals surface area contributed by atoms with Crippen LogP contribution in [0.1, 0.15) is 11.3 Å². The summed E-state index contributed by atoms with van der Waals surface area (Å²) in [7, 11) is 0. The first-order valence-electron chi connectivity index (χ1n) is 5.16. The molecule has 2 rings (SSSR count). The first-order valence-corrected chi connectivity index (χ1v) is 5.53. The van der Waals surface area contributed by atoms with Gasteiger partial charge in [0.25, 0.3) is 0 Å². The lowest BCUT2D eigenvalue weighted by molar-refractivity contribution is 0.305. The third-order valence-electron chi connectivity index (χ3n) is 2.26. The molecular weight excluding hydrogens is 238 g/mol. The molecule has 0 atom stereocenters. The number of rotatable bonds is 4. The normalized spacial score (nSPS) is 10.2. The minimum absolute atomic E-state index is 0.394. The Kier molecular flexibility index (Phi) is 3.90. The summed E-state index contributed by atoms with van der Waals surface area (Å²) < 4.78 is 5.56. The summed E-state index contributed by atoms with van der Waals surface area (Å²) in [5, 5.41) is 0.596. The summed E-state index contributed by atoms with van der Waals surface area (Å²) in [5.41, 5.74) is 7.18. The van der Waals surface area contributed by atoms with Gasteiger partial charge in [-0.15, -0.1) is 0 Å². The first kappa shape index (κ1) is 11.8. The van der Waals surface area contributed by atoms with Gasteiger partial charge in [-0.05, 0) is 18.2 Å². The minimum atomic E-state index is 0.394. The summed E-state index contributed by atoms with van der Waals surface area (Å²) in [6.45, 7) is 0.821. The molecule has 88 valence electrons. The van der Waals surface area contributed by atoms with Gasteiger partial charge in [-0.3, -0.25) is 9.97 Å². The lowest BCUT2D eigenvalue weighted by Crippen LogP contribution is -2.00. The number of halogens is 1. The lowest BCUT2D eigenvalue weighted by atomic mass is 10.3. The molecule has 2 aromatic rings. The minimum Gasteiger partial charge on any atom is -0.487 e. The zero-order chi connectivity index (χ0) is 12.1. The Balaban J connectivity index is 2.00. The van der Waals surface area contributed by atoms with Crippen LogP contribution in [0.3, 0.4) is 0 Å². The van der Waals surface area contributed by atoms with Gasteiger partial charge < -0.3 is 10.5 Å². The second-order valence-corrected chi connectivity index (χ2v) is 3.85. The van der Waals surface area contributed by atoms with Crippen LogP contribution in [0.5, 0.6) is 5.75 Å². The van der Waals surface area contributed by atoms with E-state index in [9.17, 15) is 0 Å². The molecule has 0 fully saturated rings. The van der Waals surface area contributed by atoms with Crippen LogP contribution in [0.15, 0.2) is 36.8 Å². The molecule has 2 aromatic heterocycles. The number of hydrogen-bond acceptors (Lipinski definition) is 4. The third kappa shape index (κ3) is 3.15. The average molecular weight is 250 g/mol. The molecule has 0 aliphatic carbocycles. The Morgan fingerprint density at radius 3 is 2.76 bits per heavy atom. The molecule has 0 aromatic carbocycles. The highest BCUT2D eigenvalue weighted by molar-refractivity contribution is 6.31. The predicted octanol–water partition coefficient (Wildman–Crippen LogP) is 2.17. The molecule has 0 aliphatic rings. The Morgan fingerprint density at radius 2 is 2.12 bits per heavy atom. The van der Waals surface area contributed by atoms with E-state index in [1.807, 2.05) is 18.2 Å². The van der Waals surface area contributed by atoms with Crippen molar-refractivity contribution in [2.45, 2.75) is 13.2 Å². The van der Waals surface area contributed by atoms with Crippen molar-refractivity contribution in [1.29, 1.82) is 0 Å². The first-order chi connectivity index (χ1) is 8.29. The molecule has 0 saturated heterocycles. The van der Waals surface area contributed by atoms with Crippen molar-refractivity contribution < 1.29 is 4.74 Å². The molecule has 0 bridgehead atoms. The second kappa shape index (κ2) is 5.61. The van der Waals surface area contributed by atoms with Crippen LogP contribution in [0.4, 0.5) is 0 Å². The van der Waals surface area contributed by atoms with E-state index in [4.69, 9.17) is 22.1 Å². The van der Waals surface area contributed by atoms with E-state index in [1.54, 1.807) is 18.6 Å². The smallest absolute Gasteiger partial charge is 0.138 e. The van der Waals surface area contributed by atoms with Crippen LogP contribution in [-0.4, -0.2) is 9.97 Å². The maximum absolute atomic E-state index is 5.96. The molecule has 0 saturated carbocycles. The van der Waals surface area contributed by atoms with Crippen LogP contribution in [0.25, 0.3) is 0 Å². The van der Waals surface area contributed by atoms with Gasteiger partial charge in [0.15, 0.2) is 0 Å². The van der Waals surface area contributed by atoms with Crippen molar-refractivity contribution in [2.24, 2.45) is 5.73 Å². The van der Waals surface area contributed by atoms with Gasteiger partial charge >= 0.3 is 0 Å². The third-order valence-corrected chi connectivity index (χ3v) is 2.60. The van der Waals surface area contributed by atoms with Gasteiger partial charge in [0.2, 0.25) is 0 Å². The summed E-state index contributed by atoms with van der Waals surface area (Å²) in [4.78, 5) is 8.05. The summed E-state index contributed by atoms with van der Waals surface area (Å²) in [5.74, 6) is 0.690. The topological polar surface area (TPSA) is 61.0 Å². The molecule has 0 unspecified atom stereocenters. The van der Waals surface area contributed by atoms with Gasteiger partial charge in [0.05, 0.1) is 16.9 Å². The van der Waals surface area contributed by atoms with Gasteiger partial charge in [-0.2, -0.15) is 0 Å². The summed E-state index contributed by atoms with van der Waals surface area (Å²) in [6, 6.07) is 5.50. The zero-order valence-corrected chi connectivity index (χ0v) is 9.89. The number of hydrogen-bond donors (Lipinski definition) is 1. The van der Waals surface area contributed by atoms with Crippen molar-refractivity contribution in [3.8, 4) is 5.75 Å². The Hall–Kier alpha value is -1.65. The Labute approximate surface area is 104 Å². The quantitative estimate of drug-likeness (QED) is 0.902. The molecule has 0 amide bonds. The van der Waals surface area contributed by atoms with E-state index in [2.05, 4.69) is 9.97 Å². The molecule has 2 N–H and O–H groups in total. The highest BCUT2D eigenvalue weighted by Crippen LogP contribution is 2.17. The maximum Gasteiger partial charge on any atom is 0.138 e. The summed E-state index contributed by atoms with van der Waals surface area (Å²) >= 11 is 5.96. The maximum atomic E-state index is 5.96. The molecule has 2 heterocycles. The fourth-order valence-corrected chi connectivity index (χ4v) is 1.47. The Morgan fingerprint density at radius 1 is 1.24 bits per heavy atom. The number of pyridine rings is 2. The highest BCUT2D eigenvalue weighted by Gasteiger charge is 2.01. The molecular formula is C12H12ClN3O. The van der Waals surface area contributed by atoms with Crippen molar-refractivity contribution in [2.75, 3.05) is 0 Å². The van der Waals surface area contributed by atoms with Crippen molar-refractivity contribution in [1.82, 2.24) is 9.97 Å². The largest absolute Gasteiger partial charge is 0.487 e. The predicted molar refractivity (Wildman–Crippen MR) is 65.7 cm³/mol. The SMILES string of the molecule is NCc1ccc(OCc2ccncc2Cl)cn1. The van der Waals surface area contributed by atoms with Gasteiger partial charge in [0, 0.05) is 24.5 Å². The molecule has 17 heavy (non-hydrogen) atoms. The van der Waals surface area contributed by atoms with E-state index in [0.29, 0.717) is 23.9 Å². The van der Waals surface area contributed by atoms with E-state index in [-0.39, 0.29) is 0 Å². The van der Waals surface area contributed by atoms with Crippen LogP contribution in [0.2, 0.25) is 5.02 Å². The van der Waals surface area contributed by atoms with Gasteiger partial charge in [-0.1, -0.05) is 11.6 Å². The number of nitrogens with two attached hydrogens (primary N) is 1. The Bertz CT molecular complexity index is 487. The molecule has 0 aliphatic heterocycles. The van der Waals surface area contributed by atoms with Crippen LogP contribution >= 0.6 is 11.6 Å². The van der Waals surface area contributed by atoms with Crippen LogP contribution in [0, 0.1) is 0 Å².